The van der Waals surface area contributed by atoms with Gasteiger partial charge in [0.2, 0.25) is 0 Å². The number of halogens is 2. The van der Waals surface area contributed by atoms with Crippen molar-refractivity contribution >= 4 is 40.4 Å². The number of anilines is 2. The van der Waals surface area contributed by atoms with Crippen LogP contribution in [0.3, 0.4) is 0 Å². The molecule has 7 heteroatoms. The van der Waals surface area contributed by atoms with Gasteiger partial charge in [-0.25, -0.2) is 9.37 Å². The third-order valence-corrected chi connectivity index (χ3v) is 3.10. The Morgan fingerprint density at radius 2 is 2.10 bits per heavy atom. The van der Waals surface area contributed by atoms with E-state index in [2.05, 4.69) is 20.9 Å². The molecule has 0 radical (unpaired) electrons. The fraction of sp³-hybridized carbons (Fsp3) is 0.143. The molecule has 0 saturated carbocycles. The molecule has 0 aliphatic rings. The Labute approximate surface area is 132 Å². The van der Waals surface area contributed by atoms with Crippen LogP contribution in [0, 0.1) is 5.82 Å². The summed E-state index contributed by atoms with van der Waals surface area (Å²) in [6, 6.07) is 9.99. The standard InChI is InChI=1S/C14H14ClFN4S/c15-11-9-10(4-5-12(11)16)20-14(21)19-8-7-18-13-3-1-2-6-17-13/h1-6,9H,7-8H2,(H,17,18)(H2,19,20,21). The average Bonchev–Trinajstić information content (AvgIpc) is 2.49. The zero-order valence-electron chi connectivity index (χ0n) is 11.1. The van der Waals surface area contributed by atoms with Gasteiger partial charge in [-0.05, 0) is 42.5 Å². The molecule has 0 fully saturated rings. The molecule has 0 spiro atoms. The molecule has 4 nitrogen and oxygen atoms in total. The predicted molar refractivity (Wildman–Crippen MR) is 88.4 cm³/mol. The third-order valence-electron chi connectivity index (χ3n) is 2.56. The number of hydrogen-bond donors (Lipinski definition) is 3. The summed E-state index contributed by atoms with van der Waals surface area (Å²) in [4.78, 5) is 4.14. The number of thiocarbonyl (C=S) groups is 1. The molecular weight excluding hydrogens is 311 g/mol. The molecule has 2 rings (SSSR count). The lowest BCUT2D eigenvalue weighted by Gasteiger charge is -2.11. The molecule has 1 heterocycles. The minimum absolute atomic E-state index is 0.0552. The molecule has 3 N–H and O–H groups in total. The molecule has 2 aromatic rings. The Morgan fingerprint density at radius 1 is 1.24 bits per heavy atom. The van der Waals surface area contributed by atoms with Crippen LogP contribution in [0.4, 0.5) is 15.9 Å². The maximum atomic E-state index is 13.0. The number of aromatic nitrogens is 1. The Kier molecular flexibility index (Phi) is 5.71. The summed E-state index contributed by atoms with van der Waals surface area (Å²) < 4.78 is 13.0. The summed E-state index contributed by atoms with van der Waals surface area (Å²) in [7, 11) is 0. The topological polar surface area (TPSA) is 49.0 Å². The highest BCUT2D eigenvalue weighted by Crippen LogP contribution is 2.19. The van der Waals surface area contributed by atoms with Crippen LogP contribution >= 0.6 is 23.8 Å². The van der Waals surface area contributed by atoms with E-state index in [1.165, 1.54) is 12.1 Å². The minimum Gasteiger partial charge on any atom is -0.368 e. The normalized spacial score (nSPS) is 10.0. The van der Waals surface area contributed by atoms with E-state index in [0.717, 1.165) is 5.82 Å². The van der Waals surface area contributed by atoms with Crippen LogP contribution in [0.2, 0.25) is 5.02 Å². The molecule has 1 aromatic heterocycles. The zero-order chi connectivity index (χ0) is 15.1. The molecule has 0 saturated heterocycles. The number of pyridine rings is 1. The van der Waals surface area contributed by atoms with Crippen molar-refractivity contribution in [2.75, 3.05) is 23.7 Å². The first-order valence-electron chi connectivity index (χ1n) is 6.30. The van der Waals surface area contributed by atoms with Crippen molar-refractivity contribution in [3.05, 3.63) is 53.4 Å². The Hall–Kier alpha value is -1.92. The molecule has 0 aliphatic heterocycles. The summed E-state index contributed by atoms with van der Waals surface area (Å²) in [5.41, 5.74) is 0.636. The second kappa shape index (κ2) is 7.75. The smallest absolute Gasteiger partial charge is 0.170 e. The van der Waals surface area contributed by atoms with Gasteiger partial charge in [-0.15, -0.1) is 0 Å². The van der Waals surface area contributed by atoms with Crippen LogP contribution in [-0.2, 0) is 0 Å². The van der Waals surface area contributed by atoms with Crippen molar-refractivity contribution in [1.29, 1.82) is 0 Å². The Morgan fingerprint density at radius 3 is 2.81 bits per heavy atom. The largest absolute Gasteiger partial charge is 0.368 e. The van der Waals surface area contributed by atoms with E-state index in [1.807, 2.05) is 18.2 Å². The summed E-state index contributed by atoms with van der Waals surface area (Å²) in [6.07, 6.45) is 1.72. The molecule has 0 unspecified atom stereocenters. The van der Waals surface area contributed by atoms with E-state index >= 15 is 0 Å². The maximum Gasteiger partial charge on any atom is 0.170 e. The fourth-order valence-electron chi connectivity index (χ4n) is 1.58. The highest BCUT2D eigenvalue weighted by molar-refractivity contribution is 7.80. The van der Waals surface area contributed by atoms with E-state index < -0.39 is 5.82 Å². The lowest BCUT2D eigenvalue weighted by molar-refractivity contribution is 0.628. The Balaban J connectivity index is 1.71. The Bertz CT molecular complexity index is 609. The maximum absolute atomic E-state index is 13.0. The second-order valence-electron chi connectivity index (χ2n) is 4.15. The van der Waals surface area contributed by atoms with Crippen molar-refractivity contribution in [3.63, 3.8) is 0 Å². The van der Waals surface area contributed by atoms with Crippen molar-refractivity contribution in [3.8, 4) is 0 Å². The summed E-state index contributed by atoms with van der Waals surface area (Å²) >= 11 is 10.8. The number of benzene rings is 1. The molecular formula is C14H14ClFN4S. The summed E-state index contributed by atoms with van der Waals surface area (Å²) in [5.74, 6) is 0.351. The molecule has 0 atom stereocenters. The number of rotatable bonds is 5. The fourth-order valence-corrected chi connectivity index (χ4v) is 1.98. The summed E-state index contributed by atoms with van der Waals surface area (Å²) in [6.45, 7) is 1.29. The van der Waals surface area contributed by atoms with Crippen LogP contribution < -0.4 is 16.0 Å². The van der Waals surface area contributed by atoms with Gasteiger partial charge < -0.3 is 16.0 Å². The molecule has 0 amide bonds. The third kappa shape index (κ3) is 5.17. The highest BCUT2D eigenvalue weighted by Gasteiger charge is 2.02. The first kappa shape index (κ1) is 15.5. The molecule has 1 aromatic carbocycles. The predicted octanol–water partition coefficient (Wildman–Crippen LogP) is 3.27. The van der Waals surface area contributed by atoms with E-state index in [4.69, 9.17) is 23.8 Å². The van der Waals surface area contributed by atoms with E-state index in [1.54, 1.807) is 12.3 Å². The van der Waals surface area contributed by atoms with Crippen molar-refractivity contribution in [2.24, 2.45) is 0 Å². The molecule has 0 bridgehead atoms. The molecule has 0 aliphatic carbocycles. The number of hydrogen-bond acceptors (Lipinski definition) is 3. The van der Waals surface area contributed by atoms with Gasteiger partial charge >= 0.3 is 0 Å². The van der Waals surface area contributed by atoms with Gasteiger partial charge in [0, 0.05) is 25.0 Å². The van der Waals surface area contributed by atoms with Crippen LogP contribution in [0.5, 0.6) is 0 Å². The summed E-state index contributed by atoms with van der Waals surface area (Å²) in [5, 5.41) is 9.61. The van der Waals surface area contributed by atoms with Gasteiger partial charge in [-0.3, -0.25) is 0 Å². The quantitative estimate of drug-likeness (QED) is 0.582. The minimum atomic E-state index is -0.458. The van der Waals surface area contributed by atoms with E-state index in [-0.39, 0.29) is 5.02 Å². The van der Waals surface area contributed by atoms with E-state index in [9.17, 15) is 4.39 Å². The second-order valence-corrected chi connectivity index (χ2v) is 4.97. The van der Waals surface area contributed by atoms with Crippen LogP contribution in [0.1, 0.15) is 0 Å². The lowest BCUT2D eigenvalue weighted by atomic mass is 10.3. The van der Waals surface area contributed by atoms with Crippen molar-refractivity contribution < 1.29 is 4.39 Å². The van der Waals surface area contributed by atoms with Gasteiger partial charge in [0.15, 0.2) is 5.11 Å². The number of nitrogens with zero attached hydrogens (tertiary/aromatic N) is 1. The molecule has 21 heavy (non-hydrogen) atoms. The highest BCUT2D eigenvalue weighted by atomic mass is 35.5. The van der Waals surface area contributed by atoms with Gasteiger partial charge in [0.05, 0.1) is 5.02 Å². The van der Waals surface area contributed by atoms with Gasteiger partial charge in [0.1, 0.15) is 11.6 Å². The monoisotopic (exact) mass is 324 g/mol. The van der Waals surface area contributed by atoms with Gasteiger partial charge in [-0.2, -0.15) is 0 Å². The lowest BCUT2D eigenvalue weighted by Crippen LogP contribution is -2.32. The van der Waals surface area contributed by atoms with Gasteiger partial charge in [-0.1, -0.05) is 17.7 Å². The zero-order valence-corrected chi connectivity index (χ0v) is 12.6. The molecule has 110 valence electrons. The van der Waals surface area contributed by atoms with Crippen LogP contribution in [0.25, 0.3) is 0 Å². The van der Waals surface area contributed by atoms with Crippen molar-refractivity contribution in [1.82, 2.24) is 10.3 Å². The first-order valence-corrected chi connectivity index (χ1v) is 7.08. The number of nitrogens with one attached hydrogen (secondary N) is 3. The van der Waals surface area contributed by atoms with Crippen molar-refractivity contribution in [2.45, 2.75) is 0 Å². The average molecular weight is 325 g/mol. The van der Waals surface area contributed by atoms with E-state index in [0.29, 0.717) is 23.9 Å². The SMILES string of the molecule is Fc1ccc(NC(=S)NCCNc2ccccn2)cc1Cl. The van der Waals surface area contributed by atoms with Crippen LogP contribution in [-0.4, -0.2) is 23.2 Å². The van der Waals surface area contributed by atoms with Gasteiger partial charge in [0.25, 0.3) is 0 Å². The first-order chi connectivity index (χ1) is 10.1. The van der Waals surface area contributed by atoms with Crippen LogP contribution in [0.15, 0.2) is 42.6 Å².